The number of aryl methyl sites for hydroxylation is 6. The zero-order chi connectivity index (χ0) is 15.5. The Bertz CT molecular complexity index is 901. The van der Waals surface area contributed by atoms with Crippen molar-refractivity contribution in [2.45, 2.75) is 41.5 Å². The predicted octanol–water partition coefficient (Wildman–Crippen LogP) is 5.55. The van der Waals surface area contributed by atoms with Gasteiger partial charge in [-0.15, -0.1) is 0 Å². The van der Waals surface area contributed by atoms with Crippen molar-refractivity contribution in [1.82, 2.24) is 0 Å². The standard InChI is InChI=1S/C20H22O/c1-10-7-11(2)19-15(6)18-12(3)8-16(21)9-17(18)14(5)20(19)13(10)4/h7-9,21H,1-6H3. The number of phenols is 1. The van der Waals surface area contributed by atoms with Crippen LogP contribution in [-0.4, -0.2) is 5.11 Å². The van der Waals surface area contributed by atoms with Crippen molar-refractivity contribution in [1.29, 1.82) is 0 Å². The molecule has 1 nitrogen and oxygen atoms in total. The number of phenolic OH excluding ortho intramolecular Hbond substituents is 1. The molecule has 0 fully saturated rings. The molecule has 0 radical (unpaired) electrons. The summed E-state index contributed by atoms with van der Waals surface area (Å²) in [5.41, 5.74) is 7.75. The highest BCUT2D eigenvalue weighted by Crippen LogP contribution is 2.39. The van der Waals surface area contributed by atoms with Gasteiger partial charge in [0.1, 0.15) is 5.75 Å². The fraction of sp³-hybridized carbons (Fsp3) is 0.300. The first kappa shape index (κ1) is 13.9. The predicted molar refractivity (Wildman–Crippen MR) is 91.5 cm³/mol. The van der Waals surface area contributed by atoms with Crippen molar-refractivity contribution >= 4 is 21.5 Å². The van der Waals surface area contributed by atoms with E-state index in [1.54, 1.807) is 0 Å². The van der Waals surface area contributed by atoms with Crippen LogP contribution in [0.5, 0.6) is 5.75 Å². The van der Waals surface area contributed by atoms with Crippen LogP contribution in [0.25, 0.3) is 21.5 Å². The Morgan fingerprint density at radius 1 is 0.571 bits per heavy atom. The first-order valence-corrected chi connectivity index (χ1v) is 7.46. The molecule has 3 aromatic rings. The highest BCUT2D eigenvalue weighted by atomic mass is 16.3. The van der Waals surface area contributed by atoms with Crippen LogP contribution >= 0.6 is 0 Å². The van der Waals surface area contributed by atoms with E-state index >= 15 is 0 Å². The molecule has 0 unspecified atom stereocenters. The fourth-order valence-electron chi connectivity index (χ4n) is 3.86. The molecule has 1 N–H and O–H groups in total. The lowest BCUT2D eigenvalue weighted by Gasteiger charge is -2.19. The van der Waals surface area contributed by atoms with Crippen LogP contribution in [0.15, 0.2) is 18.2 Å². The van der Waals surface area contributed by atoms with Gasteiger partial charge in [-0.3, -0.25) is 0 Å². The number of aromatic hydroxyl groups is 1. The molecule has 0 heterocycles. The third-order valence-corrected chi connectivity index (χ3v) is 4.89. The lowest BCUT2D eigenvalue weighted by molar-refractivity contribution is 0.476. The first-order chi connectivity index (χ1) is 9.82. The molecule has 0 saturated carbocycles. The molecule has 0 spiro atoms. The van der Waals surface area contributed by atoms with Crippen LogP contribution < -0.4 is 0 Å². The van der Waals surface area contributed by atoms with Crippen LogP contribution in [0.3, 0.4) is 0 Å². The number of rotatable bonds is 0. The Balaban J connectivity index is 2.73. The molecule has 108 valence electrons. The second-order valence-electron chi connectivity index (χ2n) is 6.32. The van der Waals surface area contributed by atoms with Crippen LogP contribution in [0.2, 0.25) is 0 Å². The third-order valence-electron chi connectivity index (χ3n) is 4.89. The van der Waals surface area contributed by atoms with E-state index in [0.29, 0.717) is 5.75 Å². The second kappa shape index (κ2) is 4.49. The third kappa shape index (κ3) is 1.84. The summed E-state index contributed by atoms with van der Waals surface area (Å²) in [4.78, 5) is 0. The summed E-state index contributed by atoms with van der Waals surface area (Å²) in [6, 6.07) is 6.05. The van der Waals surface area contributed by atoms with E-state index in [1.807, 2.05) is 12.1 Å². The van der Waals surface area contributed by atoms with Gasteiger partial charge in [-0.05, 0) is 109 Å². The van der Waals surface area contributed by atoms with E-state index in [0.717, 1.165) is 5.56 Å². The lowest BCUT2D eigenvalue weighted by Crippen LogP contribution is -1.96. The Labute approximate surface area is 126 Å². The Morgan fingerprint density at radius 2 is 1.19 bits per heavy atom. The second-order valence-corrected chi connectivity index (χ2v) is 6.32. The van der Waals surface area contributed by atoms with Gasteiger partial charge in [-0.2, -0.15) is 0 Å². The molecule has 0 aliphatic carbocycles. The zero-order valence-corrected chi connectivity index (χ0v) is 13.7. The SMILES string of the molecule is Cc1cc(C)c2c(C)c3c(C)cc(O)cc3c(C)c2c1C. The van der Waals surface area contributed by atoms with Gasteiger partial charge >= 0.3 is 0 Å². The minimum Gasteiger partial charge on any atom is -0.508 e. The molecule has 3 aromatic carbocycles. The minimum absolute atomic E-state index is 0.351. The van der Waals surface area contributed by atoms with Gasteiger partial charge in [0.15, 0.2) is 0 Å². The summed E-state index contributed by atoms with van der Waals surface area (Å²) in [6.45, 7) is 13.0. The van der Waals surface area contributed by atoms with Gasteiger partial charge in [0, 0.05) is 0 Å². The minimum atomic E-state index is 0.351. The van der Waals surface area contributed by atoms with E-state index < -0.39 is 0 Å². The molecule has 0 aliphatic heterocycles. The maximum absolute atomic E-state index is 9.98. The van der Waals surface area contributed by atoms with E-state index in [2.05, 4.69) is 47.6 Å². The summed E-state index contributed by atoms with van der Waals surface area (Å²) >= 11 is 0. The summed E-state index contributed by atoms with van der Waals surface area (Å²) in [7, 11) is 0. The highest BCUT2D eigenvalue weighted by Gasteiger charge is 2.15. The zero-order valence-electron chi connectivity index (χ0n) is 13.7. The quantitative estimate of drug-likeness (QED) is 0.534. The number of hydrogen-bond donors (Lipinski definition) is 1. The molecule has 0 atom stereocenters. The van der Waals surface area contributed by atoms with Gasteiger partial charge in [0.2, 0.25) is 0 Å². The Morgan fingerprint density at radius 3 is 1.86 bits per heavy atom. The van der Waals surface area contributed by atoms with Crippen molar-refractivity contribution in [3.05, 3.63) is 51.6 Å². The molecule has 0 bridgehead atoms. The monoisotopic (exact) mass is 278 g/mol. The number of hydrogen-bond acceptors (Lipinski definition) is 1. The van der Waals surface area contributed by atoms with E-state index in [4.69, 9.17) is 0 Å². The van der Waals surface area contributed by atoms with E-state index in [9.17, 15) is 5.11 Å². The van der Waals surface area contributed by atoms with Crippen LogP contribution in [-0.2, 0) is 0 Å². The largest absolute Gasteiger partial charge is 0.508 e. The average Bonchev–Trinajstić information content (AvgIpc) is 2.39. The topological polar surface area (TPSA) is 20.2 Å². The number of fused-ring (bicyclic) bond motifs is 2. The maximum atomic E-state index is 9.98. The summed E-state index contributed by atoms with van der Waals surface area (Å²) in [5.74, 6) is 0.351. The van der Waals surface area contributed by atoms with Gasteiger partial charge in [0.25, 0.3) is 0 Å². The summed E-state index contributed by atoms with van der Waals surface area (Å²) in [6.07, 6.45) is 0. The van der Waals surface area contributed by atoms with Crippen molar-refractivity contribution in [2.24, 2.45) is 0 Å². The van der Waals surface area contributed by atoms with Crippen molar-refractivity contribution < 1.29 is 5.11 Å². The highest BCUT2D eigenvalue weighted by molar-refractivity contribution is 6.09. The molecular weight excluding hydrogens is 256 g/mol. The molecule has 0 aromatic heterocycles. The molecular formula is C20H22O. The summed E-state index contributed by atoms with van der Waals surface area (Å²) < 4.78 is 0. The molecule has 0 amide bonds. The van der Waals surface area contributed by atoms with E-state index in [-0.39, 0.29) is 0 Å². The van der Waals surface area contributed by atoms with Crippen molar-refractivity contribution in [3.8, 4) is 5.75 Å². The van der Waals surface area contributed by atoms with Gasteiger partial charge < -0.3 is 5.11 Å². The first-order valence-electron chi connectivity index (χ1n) is 7.46. The maximum Gasteiger partial charge on any atom is 0.116 e. The lowest BCUT2D eigenvalue weighted by atomic mass is 9.85. The molecule has 3 rings (SSSR count). The van der Waals surface area contributed by atoms with Crippen LogP contribution in [0, 0.1) is 41.5 Å². The molecule has 0 aliphatic rings. The van der Waals surface area contributed by atoms with E-state index in [1.165, 1.54) is 49.4 Å². The molecule has 0 saturated heterocycles. The number of benzene rings is 3. The smallest absolute Gasteiger partial charge is 0.116 e. The van der Waals surface area contributed by atoms with Gasteiger partial charge in [0.05, 0.1) is 0 Å². The van der Waals surface area contributed by atoms with Crippen LogP contribution in [0.4, 0.5) is 0 Å². The van der Waals surface area contributed by atoms with Gasteiger partial charge in [-0.1, -0.05) is 6.07 Å². The normalized spacial score (nSPS) is 11.5. The Kier molecular flexibility index (Phi) is 2.98. The molecule has 1 heteroatoms. The average molecular weight is 278 g/mol. The molecule has 21 heavy (non-hydrogen) atoms. The fourth-order valence-corrected chi connectivity index (χ4v) is 3.86. The van der Waals surface area contributed by atoms with Crippen LogP contribution in [0.1, 0.15) is 33.4 Å². The summed E-state index contributed by atoms with van der Waals surface area (Å²) in [5, 5.41) is 15.2. The Hall–Kier alpha value is -2.02. The van der Waals surface area contributed by atoms with Gasteiger partial charge in [-0.25, -0.2) is 0 Å². The van der Waals surface area contributed by atoms with Crippen molar-refractivity contribution in [2.75, 3.05) is 0 Å². The van der Waals surface area contributed by atoms with Crippen molar-refractivity contribution in [3.63, 3.8) is 0 Å².